The van der Waals surface area contributed by atoms with Crippen LogP contribution in [0.4, 0.5) is 0 Å². The molecule has 3 aromatic rings. The number of hydrogen-bond donors (Lipinski definition) is 0. The number of para-hydroxylation sites is 1. The number of aryl methyl sites for hydroxylation is 2. The van der Waals surface area contributed by atoms with E-state index in [1.165, 1.54) is 15.1 Å². The molecule has 118 valence electrons. The maximum atomic E-state index is 12.9. The van der Waals surface area contributed by atoms with Gasteiger partial charge in [-0.25, -0.2) is 4.98 Å². The van der Waals surface area contributed by atoms with E-state index in [4.69, 9.17) is 4.98 Å². The minimum absolute atomic E-state index is 0.127. The molecule has 0 radical (unpaired) electrons. The second-order valence-corrected chi connectivity index (χ2v) is 8.34. The van der Waals surface area contributed by atoms with Gasteiger partial charge in [-0.2, -0.15) is 0 Å². The van der Waals surface area contributed by atoms with Crippen LogP contribution in [-0.4, -0.2) is 22.3 Å². The topological polar surface area (TPSA) is 33.2 Å². The lowest BCUT2D eigenvalue weighted by molar-refractivity contribution is 0.0740. The van der Waals surface area contributed by atoms with E-state index < -0.39 is 0 Å². The summed E-state index contributed by atoms with van der Waals surface area (Å²) in [5.41, 5.74) is 2.24. The van der Waals surface area contributed by atoms with E-state index >= 15 is 0 Å². The quantitative estimate of drug-likeness (QED) is 0.660. The maximum absolute atomic E-state index is 12.9. The van der Waals surface area contributed by atoms with E-state index in [1.807, 2.05) is 29.2 Å². The molecule has 1 amide bonds. The molecule has 3 heterocycles. The first kappa shape index (κ1) is 14.8. The van der Waals surface area contributed by atoms with Gasteiger partial charge in [0, 0.05) is 11.4 Å². The van der Waals surface area contributed by atoms with Crippen LogP contribution in [0.15, 0.2) is 30.3 Å². The zero-order valence-electron chi connectivity index (χ0n) is 13.2. The number of thiophene rings is 1. The molecule has 2 aromatic heterocycles. The highest BCUT2D eigenvalue weighted by molar-refractivity contribution is 7.18. The third-order valence-electron chi connectivity index (χ3n) is 4.49. The van der Waals surface area contributed by atoms with Crippen LogP contribution in [-0.2, 0) is 0 Å². The molecule has 0 bridgehead atoms. The molecule has 0 aliphatic carbocycles. The second kappa shape index (κ2) is 5.73. The molecule has 23 heavy (non-hydrogen) atoms. The van der Waals surface area contributed by atoms with Gasteiger partial charge >= 0.3 is 0 Å². The smallest absolute Gasteiger partial charge is 0.264 e. The van der Waals surface area contributed by atoms with Crippen LogP contribution in [0.5, 0.6) is 0 Å². The van der Waals surface area contributed by atoms with Crippen LogP contribution in [0.25, 0.3) is 10.2 Å². The normalized spacial score (nSPS) is 18.0. The number of carbonyl (C=O) groups is 1. The fourth-order valence-corrected chi connectivity index (χ4v) is 5.22. The predicted octanol–water partition coefficient (Wildman–Crippen LogP) is 4.95. The van der Waals surface area contributed by atoms with E-state index in [1.54, 1.807) is 22.7 Å². The first-order valence-electron chi connectivity index (χ1n) is 7.87. The Hall–Kier alpha value is -1.72. The van der Waals surface area contributed by atoms with E-state index in [0.717, 1.165) is 34.8 Å². The van der Waals surface area contributed by atoms with E-state index in [-0.39, 0.29) is 11.9 Å². The summed E-state index contributed by atoms with van der Waals surface area (Å²) < 4.78 is 1.20. The SMILES string of the molecule is Cc1cc(C(=O)N2CCCC2c2nc3ccccc3s2)sc1C. The Labute approximate surface area is 143 Å². The number of fused-ring (bicyclic) bond motifs is 1. The van der Waals surface area contributed by atoms with E-state index in [2.05, 4.69) is 19.9 Å². The number of hydrogen-bond acceptors (Lipinski definition) is 4. The summed E-state index contributed by atoms with van der Waals surface area (Å²) in [4.78, 5) is 21.8. The van der Waals surface area contributed by atoms with Gasteiger partial charge in [-0.3, -0.25) is 4.79 Å². The van der Waals surface area contributed by atoms with Crippen LogP contribution in [0.1, 0.15) is 44.0 Å². The summed E-state index contributed by atoms with van der Waals surface area (Å²) in [6.45, 7) is 4.97. The zero-order valence-corrected chi connectivity index (χ0v) is 14.8. The lowest BCUT2D eigenvalue weighted by atomic mass is 10.2. The molecule has 1 aromatic carbocycles. The Morgan fingerprint density at radius 2 is 2.09 bits per heavy atom. The Morgan fingerprint density at radius 3 is 2.83 bits per heavy atom. The van der Waals surface area contributed by atoms with Crippen molar-refractivity contribution in [2.45, 2.75) is 32.7 Å². The van der Waals surface area contributed by atoms with Gasteiger partial charge in [0.2, 0.25) is 0 Å². The molecule has 1 atom stereocenters. The summed E-state index contributed by atoms with van der Waals surface area (Å²) >= 11 is 3.32. The van der Waals surface area contributed by atoms with Gasteiger partial charge < -0.3 is 4.90 Å². The highest BCUT2D eigenvalue weighted by atomic mass is 32.1. The van der Waals surface area contributed by atoms with Crippen molar-refractivity contribution >= 4 is 38.8 Å². The van der Waals surface area contributed by atoms with Crippen molar-refractivity contribution < 1.29 is 4.79 Å². The van der Waals surface area contributed by atoms with Gasteiger partial charge in [0.15, 0.2) is 0 Å². The zero-order chi connectivity index (χ0) is 16.0. The summed E-state index contributed by atoms with van der Waals surface area (Å²) in [6.07, 6.45) is 2.06. The Balaban J connectivity index is 1.67. The van der Waals surface area contributed by atoms with Crippen LogP contribution in [0, 0.1) is 13.8 Å². The van der Waals surface area contributed by atoms with Crippen LogP contribution >= 0.6 is 22.7 Å². The number of carbonyl (C=O) groups excluding carboxylic acids is 1. The van der Waals surface area contributed by atoms with Gasteiger partial charge in [0.05, 0.1) is 21.1 Å². The van der Waals surface area contributed by atoms with Crippen molar-refractivity contribution in [2.75, 3.05) is 6.54 Å². The van der Waals surface area contributed by atoms with Crippen molar-refractivity contribution in [3.05, 3.63) is 50.7 Å². The largest absolute Gasteiger partial charge is 0.328 e. The van der Waals surface area contributed by atoms with Crippen LogP contribution < -0.4 is 0 Å². The number of thiazole rings is 1. The number of benzene rings is 1. The molecule has 1 aliphatic rings. The van der Waals surface area contributed by atoms with Crippen molar-refractivity contribution in [1.29, 1.82) is 0 Å². The fraction of sp³-hybridized carbons (Fsp3) is 0.333. The van der Waals surface area contributed by atoms with Gasteiger partial charge in [0.25, 0.3) is 5.91 Å². The van der Waals surface area contributed by atoms with Crippen LogP contribution in [0.3, 0.4) is 0 Å². The Bertz CT molecular complexity index is 828. The molecular weight excluding hydrogens is 324 g/mol. The van der Waals surface area contributed by atoms with Crippen molar-refractivity contribution in [2.24, 2.45) is 0 Å². The van der Waals surface area contributed by atoms with Gasteiger partial charge in [0.1, 0.15) is 5.01 Å². The molecular formula is C18H18N2OS2. The van der Waals surface area contributed by atoms with Crippen molar-refractivity contribution in [3.8, 4) is 0 Å². The minimum Gasteiger partial charge on any atom is -0.328 e. The molecule has 1 fully saturated rings. The lowest BCUT2D eigenvalue weighted by Crippen LogP contribution is -2.29. The van der Waals surface area contributed by atoms with Gasteiger partial charge in [-0.1, -0.05) is 12.1 Å². The molecule has 1 saturated heterocycles. The van der Waals surface area contributed by atoms with Crippen molar-refractivity contribution in [3.63, 3.8) is 0 Å². The van der Waals surface area contributed by atoms with Crippen molar-refractivity contribution in [1.82, 2.24) is 9.88 Å². The minimum atomic E-state index is 0.127. The first-order chi connectivity index (χ1) is 11.1. The van der Waals surface area contributed by atoms with E-state index in [0.29, 0.717) is 0 Å². The molecule has 0 N–H and O–H groups in total. The molecule has 1 unspecified atom stereocenters. The predicted molar refractivity (Wildman–Crippen MR) is 96.4 cm³/mol. The Morgan fingerprint density at radius 1 is 1.26 bits per heavy atom. The van der Waals surface area contributed by atoms with E-state index in [9.17, 15) is 4.79 Å². The fourth-order valence-electron chi connectivity index (χ4n) is 3.12. The number of nitrogens with zero attached hydrogens (tertiary/aromatic N) is 2. The maximum Gasteiger partial charge on any atom is 0.264 e. The summed E-state index contributed by atoms with van der Waals surface area (Å²) in [5.74, 6) is 0.160. The molecule has 0 spiro atoms. The molecule has 3 nitrogen and oxygen atoms in total. The highest BCUT2D eigenvalue weighted by Crippen LogP contribution is 2.38. The monoisotopic (exact) mass is 342 g/mol. The first-order valence-corrected chi connectivity index (χ1v) is 9.50. The highest BCUT2D eigenvalue weighted by Gasteiger charge is 2.33. The second-order valence-electron chi connectivity index (χ2n) is 6.03. The summed E-state index contributed by atoms with van der Waals surface area (Å²) in [6, 6.07) is 10.4. The average molecular weight is 342 g/mol. The number of rotatable bonds is 2. The molecule has 1 aliphatic heterocycles. The average Bonchev–Trinajstić information content (AvgIpc) is 3.24. The molecule has 4 rings (SSSR count). The third kappa shape index (κ3) is 2.58. The van der Waals surface area contributed by atoms with Gasteiger partial charge in [-0.15, -0.1) is 22.7 Å². The number of amides is 1. The summed E-state index contributed by atoms with van der Waals surface area (Å²) in [7, 11) is 0. The Kier molecular flexibility index (Phi) is 3.70. The number of aromatic nitrogens is 1. The van der Waals surface area contributed by atoms with Gasteiger partial charge in [-0.05, 0) is 50.5 Å². The molecule has 5 heteroatoms. The lowest BCUT2D eigenvalue weighted by Gasteiger charge is -2.22. The molecule has 0 saturated carbocycles. The van der Waals surface area contributed by atoms with Crippen LogP contribution in [0.2, 0.25) is 0 Å². The summed E-state index contributed by atoms with van der Waals surface area (Å²) in [5, 5.41) is 1.07. The standard InChI is InChI=1S/C18H18N2OS2/c1-11-10-16(22-12(11)2)18(21)20-9-5-7-14(20)17-19-13-6-3-4-8-15(13)23-17/h3-4,6,8,10,14H,5,7,9H2,1-2H3. The third-order valence-corrected chi connectivity index (χ3v) is 6.76. The number of likely N-dealkylation sites (tertiary alicyclic amines) is 1.